The summed E-state index contributed by atoms with van der Waals surface area (Å²) < 4.78 is 5.33. The Balaban J connectivity index is 2.58. The van der Waals surface area contributed by atoms with Crippen LogP contribution in [0.3, 0.4) is 0 Å². The Morgan fingerprint density at radius 2 is 2.23 bits per heavy atom. The quantitative estimate of drug-likeness (QED) is 0.611. The topological polar surface area (TPSA) is 52.3 Å². The fourth-order valence-corrected chi connectivity index (χ4v) is 1.43. The van der Waals surface area contributed by atoms with E-state index in [4.69, 9.17) is 10.5 Å². The Hall–Kier alpha value is -1.51. The van der Waals surface area contributed by atoms with Crippen LogP contribution in [0.25, 0.3) is 0 Å². The standard InChI is InChI=1S/C10H11NO2/c1-6-4-7-9(12)2-3-13-10(7)5-8(6)11/h4-5H,2-3,11H2,1H3. The zero-order chi connectivity index (χ0) is 9.42. The first-order valence-corrected chi connectivity index (χ1v) is 4.24. The fourth-order valence-electron chi connectivity index (χ4n) is 1.43. The minimum Gasteiger partial charge on any atom is -0.492 e. The van der Waals surface area contributed by atoms with E-state index in [0.29, 0.717) is 30.0 Å². The van der Waals surface area contributed by atoms with E-state index in [2.05, 4.69) is 0 Å². The lowest BCUT2D eigenvalue weighted by Crippen LogP contribution is -2.15. The van der Waals surface area contributed by atoms with Crippen LogP contribution in [0.5, 0.6) is 5.75 Å². The molecule has 0 bridgehead atoms. The SMILES string of the molecule is Cc1cc2c(cc1N)OCCC2=O. The van der Waals surface area contributed by atoms with Crippen molar-refractivity contribution in [3.05, 3.63) is 23.3 Å². The van der Waals surface area contributed by atoms with Crippen LogP contribution in [-0.2, 0) is 0 Å². The van der Waals surface area contributed by atoms with E-state index in [0.717, 1.165) is 5.56 Å². The van der Waals surface area contributed by atoms with Crippen molar-refractivity contribution in [2.24, 2.45) is 0 Å². The van der Waals surface area contributed by atoms with E-state index < -0.39 is 0 Å². The number of carbonyl (C=O) groups excluding carboxylic acids is 1. The molecular formula is C10H11NO2. The van der Waals surface area contributed by atoms with E-state index in [1.807, 2.05) is 6.92 Å². The number of nitrogens with two attached hydrogens (primary N) is 1. The van der Waals surface area contributed by atoms with Crippen LogP contribution in [0.15, 0.2) is 12.1 Å². The summed E-state index contributed by atoms with van der Waals surface area (Å²) in [6.07, 6.45) is 0.469. The van der Waals surface area contributed by atoms with Crippen molar-refractivity contribution in [3.8, 4) is 5.75 Å². The predicted octanol–water partition coefficient (Wildman–Crippen LogP) is 1.54. The van der Waals surface area contributed by atoms with Crippen LogP contribution >= 0.6 is 0 Å². The van der Waals surface area contributed by atoms with Crippen molar-refractivity contribution < 1.29 is 9.53 Å². The van der Waals surface area contributed by atoms with Crippen LogP contribution in [0.1, 0.15) is 22.3 Å². The molecule has 1 aromatic rings. The zero-order valence-corrected chi connectivity index (χ0v) is 7.46. The Kier molecular flexibility index (Phi) is 1.72. The second-order valence-corrected chi connectivity index (χ2v) is 3.23. The molecule has 0 aliphatic carbocycles. The summed E-state index contributed by atoms with van der Waals surface area (Å²) in [6.45, 7) is 2.35. The number of hydrogen-bond donors (Lipinski definition) is 1. The number of hydrogen-bond acceptors (Lipinski definition) is 3. The van der Waals surface area contributed by atoms with Crippen molar-refractivity contribution in [1.82, 2.24) is 0 Å². The van der Waals surface area contributed by atoms with Gasteiger partial charge in [-0.15, -0.1) is 0 Å². The number of ether oxygens (including phenoxy) is 1. The molecule has 0 saturated carbocycles. The largest absolute Gasteiger partial charge is 0.492 e. The third-order valence-corrected chi connectivity index (χ3v) is 2.26. The number of rotatable bonds is 0. The van der Waals surface area contributed by atoms with Gasteiger partial charge < -0.3 is 10.5 Å². The number of ketones is 1. The third-order valence-electron chi connectivity index (χ3n) is 2.26. The number of anilines is 1. The van der Waals surface area contributed by atoms with Gasteiger partial charge in [0, 0.05) is 18.2 Å². The van der Waals surface area contributed by atoms with Gasteiger partial charge in [0.2, 0.25) is 0 Å². The van der Waals surface area contributed by atoms with Gasteiger partial charge in [0.25, 0.3) is 0 Å². The van der Waals surface area contributed by atoms with E-state index in [1.54, 1.807) is 12.1 Å². The van der Waals surface area contributed by atoms with E-state index in [-0.39, 0.29) is 5.78 Å². The van der Waals surface area contributed by atoms with Crippen molar-refractivity contribution in [2.75, 3.05) is 12.3 Å². The third kappa shape index (κ3) is 1.26. The molecule has 0 fully saturated rings. The van der Waals surface area contributed by atoms with Gasteiger partial charge in [-0.1, -0.05) is 0 Å². The highest BCUT2D eigenvalue weighted by Gasteiger charge is 2.18. The van der Waals surface area contributed by atoms with Gasteiger partial charge in [0.15, 0.2) is 5.78 Å². The first-order chi connectivity index (χ1) is 6.18. The van der Waals surface area contributed by atoms with E-state index in [9.17, 15) is 4.79 Å². The lowest BCUT2D eigenvalue weighted by Gasteiger charge is -2.17. The summed E-state index contributed by atoms with van der Waals surface area (Å²) in [4.78, 5) is 11.4. The molecule has 0 radical (unpaired) electrons. The Bertz CT molecular complexity index is 371. The van der Waals surface area contributed by atoms with Crippen LogP contribution in [0.4, 0.5) is 5.69 Å². The number of aryl methyl sites for hydroxylation is 1. The van der Waals surface area contributed by atoms with Gasteiger partial charge >= 0.3 is 0 Å². The molecule has 2 rings (SSSR count). The monoisotopic (exact) mass is 177 g/mol. The molecule has 13 heavy (non-hydrogen) atoms. The fraction of sp³-hybridized carbons (Fsp3) is 0.300. The first kappa shape index (κ1) is 8.10. The molecule has 0 saturated heterocycles. The molecule has 0 amide bonds. The summed E-state index contributed by atoms with van der Waals surface area (Å²) in [5.41, 5.74) is 7.97. The first-order valence-electron chi connectivity index (χ1n) is 4.24. The van der Waals surface area contributed by atoms with Crippen molar-refractivity contribution in [3.63, 3.8) is 0 Å². The summed E-state index contributed by atoms with van der Waals surface area (Å²) in [6, 6.07) is 3.52. The highest BCUT2D eigenvalue weighted by Crippen LogP contribution is 2.29. The van der Waals surface area contributed by atoms with Crippen LogP contribution in [0.2, 0.25) is 0 Å². The minimum atomic E-state index is 0.143. The van der Waals surface area contributed by atoms with Gasteiger partial charge in [-0.25, -0.2) is 0 Å². The van der Waals surface area contributed by atoms with Crippen molar-refractivity contribution >= 4 is 11.5 Å². The Morgan fingerprint density at radius 3 is 3.00 bits per heavy atom. The van der Waals surface area contributed by atoms with E-state index in [1.165, 1.54) is 0 Å². The zero-order valence-electron chi connectivity index (χ0n) is 7.46. The molecule has 3 nitrogen and oxygen atoms in total. The molecule has 0 atom stereocenters. The molecule has 1 aliphatic heterocycles. The molecule has 1 aliphatic rings. The predicted molar refractivity (Wildman–Crippen MR) is 50.0 cm³/mol. The Morgan fingerprint density at radius 1 is 1.46 bits per heavy atom. The molecular weight excluding hydrogens is 166 g/mol. The lowest BCUT2D eigenvalue weighted by atomic mass is 10.0. The second kappa shape index (κ2) is 2.76. The van der Waals surface area contributed by atoms with Gasteiger partial charge in [-0.2, -0.15) is 0 Å². The minimum absolute atomic E-state index is 0.143. The summed E-state index contributed by atoms with van der Waals surface area (Å²) >= 11 is 0. The van der Waals surface area contributed by atoms with Gasteiger partial charge in [-0.05, 0) is 18.6 Å². The molecule has 0 aromatic heterocycles. The van der Waals surface area contributed by atoms with Gasteiger partial charge in [0.05, 0.1) is 12.2 Å². The van der Waals surface area contributed by atoms with Crippen LogP contribution in [-0.4, -0.2) is 12.4 Å². The number of carbonyl (C=O) groups is 1. The Labute approximate surface area is 76.5 Å². The summed E-state index contributed by atoms with van der Waals surface area (Å²) in [7, 11) is 0. The maximum absolute atomic E-state index is 11.4. The van der Waals surface area contributed by atoms with Crippen LogP contribution < -0.4 is 10.5 Å². The molecule has 3 heteroatoms. The average molecular weight is 177 g/mol. The van der Waals surface area contributed by atoms with Crippen molar-refractivity contribution in [1.29, 1.82) is 0 Å². The molecule has 0 unspecified atom stereocenters. The molecule has 1 aromatic carbocycles. The maximum Gasteiger partial charge on any atom is 0.170 e. The number of nitrogen functional groups attached to an aromatic ring is 1. The highest BCUT2D eigenvalue weighted by atomic mass is 16.5. The molecule has 0 spiro atoms. The number of Topliss-reactive ketones (excluding diaryl/α,β-unsaturated/α-hetero) is 1. The van der Waals surface area contributed by atoms with Gasteiger partial charge in [0.1, 0.15) is 5.75 Å². The second-order valence-electron chi connectivity index (χ2n) is 3.23. The maximum atomic E-state index is 11.4. The summed E-state index contributed by atoms with van der Waals surface area (Å²) in [5, 5.41) is 0. The highest BCUT2D eigenvalue weighted by molar-refractivity contribution is 6.00. The molecule has 68 valence electrons. The molecule has 2 N–H and O–H groups in total. The summed E-state index contributed by atoms with van der Waals surface area (Å²) in [5.74, 6) is 0.767. The average Bonchev–Trinajstić information content (AvgIpc) is 2.09. The smallest absolute Gasteiger partial charge is 0.170 e. The number of fused-ring (bicyclic) bond motifs is 1. The number of benzene rings is 1. The lowest BCUT2D eigenvalue weighted by molar-refractivity contribution is 0.0933. The van der Waals surface area contributed by atoms with Crippen molar-refractivity contribution in [2.45, 2.75) is 13.3 Å². The van der Waals surface area contributed by atoms with E-state index >= 15 is 0 Å². The van der Waals surface area contributed by atoms with Crippen LogP contribution in [0, 0.1) is 6.92 Å². The van der Waals surface area contributed by atoms with Gasteiger partial charge in [-0.3, -0.25) is 4.79 Å². The molecule has 1 heterocycles. The normalized spacial score (nSPS) is 15.0.